The molecule has 4 heterocycles. The quantitative estimate of drug-likeness (QED) is 0.190. The van der Waals surface area contributed by atoms with Crippen molar-refractivity contribution in [1.29, 1.82) is 0 Å². The van der Waals surface area contributed by atoms with Crippen LogP contribution in [0.2, 0.25) is 0 Å². The lowest BCUT2D eigenvalue weighted by Gasteiger charge is -2.11. The van der Waals surface area contributed by atoms with Crippen molar-refractivity contribution in [2.45, 2.75) is 0 Å². The van der Waals surface area contributed by atoms with Gasteiger partial charge in [0, 0.05) is 43.7 Å². The predicted octanol–water partition coefficient (Wildman–Crippen LogP) is 11.3. The van der Waals surface area contributed by atoms with Crippen molar-refractivity contribution >= 4 is 65.6 Å². The van der Waals surface area contributed by atoms with Gasteiger partial charge in [0.25, 0.3) is 0 Å². The molecule has 7 aromatic carbocycles. The zero-order valence-corrected chi connectivity index (χ0v) is 27.2. The fourth-order valence-electron chi connectivity index (χ4n) is 7.80. The zero-order chi connectivity index (χ0) is 33.5. The predicted molar refractivity (Wildman–Crippen MR) is 207 cm³/mol. The maximum absolute atomic E-state index is 6.42. The van der Waals surface area contributed by atoms with E-state index in [4.69, 9.17) is 19.4 Å². The maximum Gasteiger partial charge on any atom is 0.238 e. The molecule has 0 amide bonds. The minimum absolute atomic E-state index is 0.568. The summed E-state index contributed by atoms with van der Waals surface area (Å²) in [6.07, 6.45) is 0. The van der Waals surface area contributed by atoms with Crippen LogP contribution in [0.15, 0.2) is 168 Å². The molecular formula is C45H27N5O. The summed E-state index contributed by atoms with van der Waals surface area (Å²) in [6.45, 7) is 0. The van der Waals surface area contributed by atoms with Gasteiger partial charge in [0.05, 0.1) is 27.5 Å². The third-order valence-corrected chi connectivity index (χ3v) is 9.97. The highest BCUT2D eigenvalue weighted by Crippen LogP contribution is 2.45. The van der Waals surface area contributed by atoms with Crippen LogP contribution in [0.25, 0.3) is 100.0 Å². The van der Waals surface area contributed by atoms with Crippen molar-refractivity contribution in [2.24, 2.45) is 0 Å². The number of benzene rings is 7. The molecule has 0 saturated carbocycles. The lowest BCUT2D eigenvalue weighted by atomic mass is 10.1. The van der Waals surface area contributed by atoms with Gasteiger partial charge in [-0.3, -0.25) is 4.57 Å². The molecule has 51 heavy (non-hydrogen) atoms. The number of para-hydroxylation sites is 3. The average Bonchev–Trinajstić information content (AvgIpc) is 3.86. The fourth-order valence-corrected chi connectivity index (χ4v) is 7.80. The first kappa shape index (κ1) is 27.9. The first-order valence-electron chi connectivity index (χ1n) is 17.0. The van der Waals surface area contributed by atoms with Gasteiger partial charge in [-0.1, -0.05) is 121 Å². The first-order chi connectivity index (χ1) is 25.3. The molecule has 4 aromatic heterocycles. The molecule has 0 radical (unpaired) electrons. The summed E-state index contributed by atoms with van der Waals surface area (Å²) in [6, 6.07) is 56.6. The largest absolute Gasteiger partial charge is 0.456 e. The number of hydrogen-bond acceptors (Lipinski definition) is 4. The molecule has 0 saturated heterocycles. The zero-order valence-electron chi connectivity index (χ0n) is 27.2. The number of fused-ring (bicyclic) bond motifs is 11. The van der Waals surface area contributed by atoms with Crippen LogP contribution < -0.4 is 0 Å². The summed E-state index contributed by atoms with van der Waals surface area (Å²) in [7, 11) is 0. The Morgan fingerprint density at radius 2 is 0.941 bits per heavy atom. The van der Waals surface area contributed by atoms with Gasteiger partial charge in [-0.15, -0.1) is 0 Å². The average molecular weight is 654 g/mol. The summed E-state index contributed by atoms with van der Waals surface area (Å²) >= 11 is 0. The molecule has 0 bridgehead atoms. The maximum atomic E-state index is 6.42. The second-order valence-corrected chi connectivity index (χ2v) is 12.8. The minimum atomic E-state index is 0.568. The van der Waals surface area contributed by atoms with Crippen LogP contribution in [0.4, 0.5) is 0 Å². The molecule has 0 spiro atoms. The number of rotatable bonds is 4. The topological polar surface area (TPSA) is 61.7 Å². The van der Waals surface area contributed by atoms with Gasteiger partial charge < -0.3 is 8.98 Å². The lowest BCUT2D eigenvalue weighted by molar-refractivity contribution is 0.669. The van der Waals surface area contributed by atoms with Gasteiger partial charge in [-0.25, -0.2) is 4.98 Å². The van der Waals surface area contributed by atoms with E-state index in [1.165, 1.54) is 10.8 Å². The molecule has 6 nitrogen and oxygen atoms in total. The van der Waals surface area contributed by atoms with Crippen LogP contribution in [0.1, 0.15) is 0 Å². The minimum Gasteiger partial charge on any atom is -0.456 e. The van der Waals surface area contributed by atoms with Crippen LogP contribution in [-0.4, -0.2) is 24.1 Å². The van der Waals surface area contributed by atoms with E-state index in [-0.39, 0.29) is 0 Å². The van der Waals surface area contributed by atoms with E-state index in [0.717, 1.165) is 71.6 Å². The van der Waals surface area contributed by atoms with E-state index >= 15 is 0 Å². The van der Waals surface area contributed by atoms with Gasteiger partial charge >= 0.3 is 0 Å². The molecule has 238 valence electrons. The van der Waals surface area contributed by atoms with Gasteiger partial charge in [-0.2, -0.15) is 9.97 Å². The van der Waals surface area contributed by atoms with Gasteiger partial charge in [-0.05, 0) is 42.5 Å². The third-order valence-electron chi connectivity index (χ3n) is 9.97. The Balaban J connectivity index is 1.32. The molecule has 11 aromatic rings. The molecule has 0 atom stereocenters. The third kappa shape index (κ3) is 4.07. The first-order valence-corrected chi connectivity index (χ1v) is 17.0. The normalized spacial score (nSPS) is 11.9. The van der Waals surface area contributed by atoms with Crippen molar-refractivity contribution in [3.63, 3.8) is 0 Å². The highest BCUT2D eigenvalue weighted by molar-refractivity contribution is 6.30. The Labute approximate surface area is 291 Å². The molecule has 0 unspecified atom stereocenters. The summed E-state index contributed by atoms with van der Waals surface area (Å²) < 4.78 is 11.0. The Morgan fingerprint density at radius 1 is 0.373 bits per heavy atom. The van der Waals surface area contributed by atoms with Gasteiger partial charge in [0.15, 0.2) is 11.6 Å². The lowest BCUT2D eigenvalue weighted by Crippen LogP contribution is -2.06. The fraction of sp³-hybridized carbons (Fsp3) is 0. The van der Waals surface area contributed by atoms with Crippen molar-refractivity contribution in [3.05, 3.63) is 164 Å². The van der Waals surface area contributed by atoms with E-state index < -0.39 is 0 Å². The molecule has 0 aliphatic carbocycles. The van der Waals surface area contributed by atoms with Crippen LogP contribution in [0.3, 0.4) is 0 Å². The standard InChI is InChI=1S/C45H27N5O/c1-4-14-28(15-5-1)43-46-44(29-16-6-2-7-17-29)48-45(47-43)50-35-22-12-10-20-33(35)39-36(50)26-24-31-32-25-27-38-40(34-21-11-13-23-37(34)51-38)42(32)49(41(31)39)30-18-8-3-9-19-30/h1-27H. The summed E-state index contributed by atoms with van der Waals surface area (Å²) in [5.74, 6) is 1.82. The highest BCUT2D eigenvalue weighted by atomic mass is 16.3. The molecule has 0 aliphatic rings. The van der Waals surface area contributed by atoms with E-state index in [0.29, 0.717) is 17.6 Å². The number of hydrogen-bond donors (Lipinski definition) is 0. The van der Waals surface area contributed by atoms with E-state index in [2.05, 4.69) is 100 Å². The Bertz CT molecular complexity index is 3060. The number of nitrogens with zero attached hydrogens (tertiary/aromatic N) is 5. The smallest absolute Gasteiger partial charge is 0.238 e. The van der Waals surface area contributed by atoms with E-state index in [1.54, 1.807) is 0 Å². The number of aromatic nitrogens is 5. The van der Waals surface area contributed by atoms with E-state index in [9.17, 15) is 0 Å². The SMILES string of the molecule is c1ccc(-c2nc(-c3ccccc3)nc(-n3c4ccccc4c4c3ccc3c5ccc6oc7ccccc7c6c5n(-c5ccccc5)c34)n2)cc1. The van der Waals surface area contributed by atoms with Crippen molar-refractivity contribution in [2.75, 3.05) is 0 Å². The molecule has 0 fully saturated rings. The second kappa shape index (κ2) is 10.7. The molecule has 0 N–H and O–H groups in total. The van der Waals surface area contributed by atoms with Crippen molar-refractivity contribution in [1.82, 2.24) is 24.1 Å². The highest BCUT2D eigenvalue weighted by Gasteiger charge is 2.25. The summed E-state index contributed by atoms with van der Waals surface area (Å²) in [5.41, 5.74) is 8.98. The number of furan rings is 1. The molecular weight excluding hydrogens is 627 g/mol. The van der Waals surface area contributed by atoms with Gasteiger partial charge in [0.2, 0.25) is 5.95 Å². The molecule has 6 heteroatoms. The monoisotopic (exact) mass is 653 g/mol. The van der Waals surface area contributed by atoms with Crippen LogP contribution in [0, 0.1) is 0 Å². The van der Waals surface area contributed by atoms with Gasteiger partial charge in [0.1, 0.15) is 11.2 Å². The molecule has 0 aliphatic heterocycles. The van der Waals surface area contributed by atoms with Crippen molar-refractivity contribution in [3.8, 4) is 34.4 Å². The summed E-state index contributed by atoms with van der Waals surface area (Å²) in [4.78, 5) is 15.3. The summed E-state index contributed by atoms with van der Waals surface area (Å²) in [5, 5.41) is 6.80. The van der Waals surface area contributed by atoms with Crippen LogP contribution in [0.5, 0.6) is 0 Å². The van der Waals surface area contributed by atoms with E-state index in [1.807, 2.05) is 72.8 Å². The Kier molecular flexibility index (Phi) is 5.86. The second-order valence-electron chi connectivity index (χ2n) is 12.8. The van der Waals surface area contributed by atoms with Crippen molar-refractivity contribution < 1.29 is 4.42 Å². The van der Waals surface area contributed by atoms with Crippen LogP contribution in [-0.2, 0) is 0 Å². The van der Waals surface area contributed by atoms with Crippen LogP contribution >= 0.6 is 0 Å². The molecule has 11 rings (SSSR count). The Morgan fingerprint density at radius 3 is 1.65 bits per heavy atom. The Hall–Kier alpha value is -7.05.